The Balaban J connectivity index is 1.94. The molecular formula is C10H18N4O2S. The van der Waals surface area contributed by atoms with Crippen molar-refractivity contribution < 1.29 is 8.42 Å². The molecule has 1 aliphatic heterocycles. The second kappa shape index (κ2) is 5.05. The lowest BCUT2D eigenvalue weighted by Crippen LogP contribution is -2.35. The first-order valence-corrected chi connectivity index (χ1v) is 7.41. The first-order valence-electron chi connectivity index (χ1n) is 5.76. The summed E-state index contributed by atoms with van der Waals surface area (Å²) in [6.07, 6.45) is 3.72. The van der Waals surface area contributed by atoms with Gasteiger partial charge < -0.3 is 5.32 Å². The van der Waals surface area contributed by atoms with Crippen LogP contribution in [-0.4, -0.2) is 37.0 Å². The Bertz CT molecular complexity index is 462. The molecule has 0 saturated carbocycles. The summed E-state index contributed by atoms with van der Waals surface area (Å²) in [6.45, 7) is 1.77. The molecule has 1 aromatic rings. The number of aryl methyl sites for hydroxylation is 1. The molecular weight excluding hydrogens is 240 g/mol. The van der Waals surface area contributed by atoms with Crippen LogP contribution in [0.4, 0.5) is 5.82 Å². The molecule has 0 radical (unpaired) electrons. The molecule has 0 aliphatic carbocycles. The third-order valence-electron chi connectivity index (χ3n) is 2.83. The minimum Gasteiger partial charge on any atom is -0.316 e. The summed E-state index contributed by atoms with van der Waals surface area (Å²) in [7, 11) is -1.53. The van der Waals surface area contributed by atoms with E-state index in [1.54, 1.807) is 24.0 Å². The fourth-order valence-corrected chi connectivity index (χ4v) is 3.46. The van der Waals surface area contributed by atoms with Gasteiger partial charge in [-0.15, -0.1) is 0 Å². The maximum atomic E-state index is 11.9. The molecule has 2 heterocycles. The Hall–Kier alpha value is -1.08. The van der Waals surface area contributed by atoms with Crippen LogP contribution in [0, 0.1) is 5.92 Å². The summed E-state index contributed by atoms with van der Waals surface area (Å²) in [5.74, 6) is 0.748. The number of piperidine rings is 1. The van der Waals surface area contributed by atoms with Gasteiger partial charge >= 0.3 is 0 Å². The molecule has 7 heteroatoms. The van der Waals surface area contributed by atoms with E-state index < -0.39 is 10.0 Å². The van der Waals surface area contributed by atoms with Crippen molar-refractivity contribution in [3.8, 4) is 0 Å². The molecule has 1 aliphatic rings. The number of hydrogen-bond acceptors (Lipinski definition) is 4. The van der Waals surface area contributed by atoms with Gasteiger partial charge in [0.25, 0.3) is 0 Å². The van der Waals surface area contributed by atoms with Gasteiger partial charge in [-0.2, -0.15) is 5.10 Å². The molecule has 6 nitrogen and oxygen atoms in total. The van der Waals surface area contributed by atoms with E-state index in [-0.39, 0.29) is 11.7 Å². The van der Waals surface area contributed by atoms with Crippen molar-refractivity contribution in [2.24, 2.45) is 13.0 Å². The van der Waals surface area contributed by atoms with Crippen LogP contribution in [0.5, 0.6) is 0 Å². The topological polar surface area (TPSA) is 76.0 Å². The lowest BCUT2D eigenvalue weighted by Gasteiger charge is -2.22. The van der Waals surface area contributed by atoms with Gasteiger partial charge in [0, 0.05) is 19.3 Å². The van der Waals surface area contributed by atoms with E-state index in [2.05, 4.69) is 15.1 Å². The number of nitrogens with one attached hydrogen (secondary N) is 2. The van der Waals surface area contributed by atoms with Gasteiger partial charge in [0.1, 0.15) is 0 Å². The molecule has 2 rings (SSSR count). The second-order valence-electron chi connectivity index (χ2n) is 4.47. The summed E-state index contributed by atoms with van der Waals surface area (Å²) in [6, 6.07) is 1.65. The monoisotopic (exact) mass is 258 g/mol. The number of nitrogens with zero attached hydrogens (tertiary/aromatic N) is 2. The van der Waals surface area contributed by atoms with Gasteiger partial charge in [-0.3, -0.25) is 9.40 Å². The van der Waals surface area contributed by atoms with Crippen molar-refractivity contribution >= 4 is 15.8 Å². The minimum absolute atomic E-state index is 0.163. The van der Waals surface area contributed by atoms with Gasteiger partial charge in [-0.05, 0) is 31.8 Å². The van der Waals surface area contributed by atoms with Gasteiger partial charge in [0.15, 0.2) is 5.82 Å². The van der Waals surface area contributed by atoms with Crippen molar-refractivity contribution in [3.05, 3.63) is 12.3 Å². The summed E-state index contributed by atoms with van der Waals surface area (Å²) < 4.78 is 27.8. The normalized spacial score (nSPS) is 21.4. The molecule has 1 aromatic heterocycles. The second-order valence-corrected chi connectivity index (χ2v) is 6.24. The van der Waals surface area contributed by atoms with Crippen molar-refractivity contribution in [1.29, 1.82) is 0 Å². The zero-order valence-corrected chi connectivity index (χ0v) is 10.7. The van der Waals surface area contributed by atoms with Crippen LogP contribution in [0.1, 0.15) is 12.8 Å². The zero-order chi connectivity index (χ0) is 12.3. The van der Waals surface area contributed by atoms with Crippen LogP contribution >= 0.6 is 0 Å². The fourth-order valence-electron chi connectivity index (χ4n) is 2.05. The lowest BCUT2D eigenvalue weighted by molar-refractivity contribution is 0.404. The largest absolute Gasteiger partial charge is 0.316 e. The predicted molar refractivity (Wildman–Crippen MR) is 66.2 cm³/mol. The van der Waals surface area contributed by atoms with Crippen molar-refractivity contribution in [2.45, 2.75) is 12.8 Å². The van der Waals surface area contributed by atoms with Crippen molar-refractivity contribution in [1.82, 2.24) is 15.1 Å². The molecule has 0 amide bonds. The molecule has 1 atom stereocenters. The van der Waals surface area contributed by atoms with Crippen LogP contribution in [0.2, 0.25) is 0 Å². The number of rotatable bonds is 4. The first-order chi connectivity index (χ1) is 8.05. The van der Waals surface area contributed by atoms with E-state index in [0.29, 0.717) is 5.82 Å². The highest BCUT2D eigenvalue weighted by molar-refractivity contribution is 7.92. The molecule has 1 saturated heterocycles. The van der Waals surface area contributed by atoms with E-state index >= 15 is 0 Å². The summed E-state index contributed by atoms with van der Waals surface area (Å²) >= 11 is 0. The predicted octanol–water partition coefficient (Wildman–Crippen LogP) is 0.161. The van der Waals surface area contributed by atoms with Gasteiger partial charge in [0.05, 0.1) is 5.75 Å². The number of hydrogen-bond donors (Lipinski definition) is 2. The maximum Gasteiger partial charge on any atom is 0.234 e. The molecule has 1 unspecified atom stereocenters. The molecule has 2 N–H and O–H groups in total. The Morgan fingerprint density at radius 2 is 2.47 bits per heavy atom. The average molecular weight is 258 g/mol. The summed E-state index contributed by atoms with van der Waals surface area (Å²) in [4.78, 5) is 0. The Morgan fingerprint density at radius 3 is 3.06 bits per heavy atom. The highest BCUT2D eigenvalue weighted by atomic mass is 32.2. The van der Waals surface area contributed by atoms with Crippen LogP contribution in [-0.2, 0) is 17.1 Å². The van der Waals surface area contributed by atoms with Gasteiger partial charge in [0.2, 0.25) is 10.0 Å². The van der Waals surface area contributed by atoms with Crippen LogP contribution in [0.25, 0.3) is 0 Å². The van der Waals surface area contributed by atoms with E-state index in [4.69, 9.17) is 0 Å². The van der Waals surface area contributed by atoms with Crippen molar-refractivity contribution in [2.75, 3.05) is 23.6 Å². The lowest BCUT2D eigenvalue weighted by atomic mass is 10.0. The van der Waals surface area contributed by atoms with Gasteiger partial charge in [-0.1, -0.05) is 0 Å². The molecule has 0 aromatic carbocycles. The van der Waals surface area contributed by atoms with Crippen LogP contribution in [0.15, 0.2) is 12.3 Å². The Morgan fingerprint density at radius 1 is 1.65 bits per heavy atom. The zero-order valence-electron chi connectivity index (χ0n) is 9.89. The third-order valence-corrected chi connectivity index (χ3v) is 4.26. The molecule has 96 valence electrons. The van der Waals surface area contributed by atoms with Crippen LogP contribution < -0.4 is 10.0 Å². The number of sulfonamides is 1. The number of anilines is 1. The molecule has 17 heavy (non-hydrogen) atoms. The summed E-state index contributed by atoms with van der Waals surface area (Å²) in [5.41, 5.74) is 0. The van der Waals surface area contributed by atoms with E-state index in [9.17, 15) is 8.42 Å². The molecule has 0 spiro atoms. The molecule has 1 fully saturated rings. The smallest absolute Gasteiger partial charge is 0.234 e. The van der Waals surface area contributed by atoms with Gasteiger partial charge in [-0.25, -0.2) is 8.42 Å². The Kier molecular flexibility index (Phi) is 3.68. The van der Waals surface area contributed by atoms with E-state index in [1.165, 1.54) is 0 Å². The quantitative estimate of drug-likeness (QED) is 0.806. The van der Waals surface area contributed by atoms with Crippen LogP contribution in [0.3, 0.4) is 0 Å². The average Bonchev–Trinajstić information content (AvgIpc) is 2.63. The van der Waals surface area contributed by atoms with Crippen molar-refractivity contribution in [3.63, 3.8) is 0 Å². The molecule has 0 bridgehead atoms. The third kappa shape index (κ3) is 3.71. The SMILES string of the molecule is Cn1ccc(NS(=O)(=O)CC2CCCNC2)n1. The minimum atomic E-state index is -3.29. The summed E-state index contributed by atoms with van der Waals surface area (Å²) in [5, 5.41) is 7.21. The van der Waals surface area contributed by atoms with E-state index in [1.807, 2.05) is 0 Å². The number of aromatic nitrogens is 2. The van der Waals surface area contributed by atoms with E-state index in [0.717, 1.165) is 25.9 Å². The maximum absolute atomic E-state index is 11.9. The first kappa shape index (κ1) is 12.4. The highest BCUT2D eigenvalue weighted by Crippen LogP contribution is 2.14. The standard InChI is InChI=1S/C10H18N4O2S/c1-14-6-4-10(12-14)13-17(15,16)8-9-3-2-5-11-7-9/h4,6,9,11H,2-3,5,7-8H2,1H3,(H,12,13). The highest BCUT2D eigenvalue weighted by Gasteiger charge is 2.21. The Labute approximate surface area is 101 Å². The fraction of sp³-hybridized carbons (Fsp3) is 0.700.